The first-order valence-corrected chi connectivity index (χ1v) is 5.31. The molecule has 1 N–H and O–H groups in total. The highest BCUT2D eigenvalue weighted by molar-refractivity contribution is 5.86. The summed E-state index contributed by atoms with van der Waals surface area (Å²) in [5, 5.41) is 12.3. The van der Waals surface area contributed by atoms with Gasteiger partial charge in [0.1, 0.15) is 0 Å². The molecule has 1 aliphatic rings. The predicted molar refractivity (Wildman–Crippen MR) is 57.8 cm³/mol. The fourth-order valence-corrected chi connectivity index (χ4v) is 2.07. The molecule has 0 bridgehead atoms. The lowest BCUT2D eigenvalue weighted by molar-refractivity contribution is -0.142. The fourth-order valence-electron chi connectivity index (χ4n) is 2.07. The zero-order valence-electron chi connectivity index (χ0n) is 9.62. The Morgan fingerprint density at radius 1 is 1.67 bits per heavy atom. The molecule has 0 heterocycles. The Balaban J connectivity index is 2.47. The van der Waals surface area contributed by atoms with Crippen molar-refractivity contribution in [3.63, 3.8) is 0 Å². The number of carboxylic acids is 1. The molecule has 1 unspecified atom stereocenters. The Morgan fingerprint density at radius 2 is 2.33 bits per heavy atom. The first-order chi connectivity index (χ1) is 6.91. The summed E-state index contributed by atoms with van der Waals surface area (Å²) in [6.07, 6.45) is 3.09. The van der Waals surface area contributed by atoms with Crippen LogP contribution in [0.1, 0.15) is 40.0 Å². The molecule has 0 spiro atoms. The van der Waals surface area contributed by atoms with Gasteiger partial charge in [-0.2, -0.15) is 0 Å². The van der Waals surface area contributed by atoms with Crippen LogP contribution in [-0.4, -0.2) is 23.4 Å². The number of carbonyl (C=O) groups is 1. The molecule has 1 aliphatic carbocycles. The summed E-state index contributed by atoms with van der Waals surface area (Å²) in [5.74, 6) is -0.592. The van der Waals surface area contributed by atoms with Crippen LogP contribution in [0, 0.1) is 11.3 Å². The molecule has 4 nitrogen and oxygen atoms in total. The van der Waals surface area contributed by atoms with E-state index in [4.69, 9.17) is 9.94 Å². The van der Waals surface area contributed by atoms with Crippen molar-refractivity contribution in [3.05, 3.63) is 0 Å². The molecule has 0 aromatic heterocycles. The maximum absolute atomic E-state index is 10.2. The second kappa shape index (κ2) is 4.64. The van der Waals surface area contributed by atoms with Crippen molar-refractivity contribution in [1.82, 2.24) is 0 Å². The van der Waals surface area contributed by atoms with Gasteiger partial charge in [0.15, 0.2) is 0 Å². The number of hydrogen-bond donors (Lipinski definition) is 1. The summed E-state index contributed by atoms with van der Waals surface area (Å²) in [7, 11) is 0. The van der Waals surface area contributed by atoms with Crippen LogP contribution in [-0.2, 0) is 9.63 Å². The van der Waals surface area contributed by atoms with Crippen LogP contribution in [0.3, 0.4) is 0 Å². The van der Waals surface area contributed by atoms with E-state index >= 15 is 0 Å². The van der Waals surface area contributed by atoms with Gasteiger partial charge in [-0.3, -0.25) is 0 Å². The fraction of sp³-hybridized carbons (Fsp3) is 0.818. The highest BCUT2D eigenvalue weighted by Crippen LogP contribution is 2.36. The van der Waals surface area contributed by atoms with Gasteiger partial charge in [0.25, 0.3) is 0 Å². The third-order valence-electron chi connectivity index (χ3n) is 2.86. The number of rotatable bonds is 3. The molecule has 0 aromatic carbocycles. The molecule has 1 saturated carbocycles. The van der Waals surface area contributed by atoms with E-state index in [-0.39, 0.29) is 6.61 Å². The SMILES string of the molecule is CC1CC(C)(C)CCC1=NOCC(=O)O. The maximum Gasteiger partial charge on any atom is 0.344 e. The molecule has 1 atom stereocenters. The van der Waals surface area contributed by atoms with Crippen molar-refractivity contribution in [2.75, 3.05) is 6.61 Å². The molecule has 0 saturated heterocycles. The van der Waals surface area contributed by atoms with Gasteiger partial charge in [-0.1, -0.05) is 25.9 Å². The van der Waals surface area contributed by atoms with Crippen molar-refractivity contribution in [2.45, 2.75) is 40.0 Å². The molecule has 1 fully saturated rings. The Morgan fingerprint density at radius 3 is 2.87 bits per heavy atom. The summed E-state index contributed by atoms with van der Waals surface area (Å²) in [4.78, 5) is 15.0. The zero-order valence-corrected chi connectivity index (χ0v) is 9.62. The second-order valence-corrected chi connectivity index (χ2v) is 5.02. The van der Waals surface area contributed by atoms with Crippen molar-refractivity contribution >= 4 is 11.7 Å². The minimum Gasteiger partial charge on any atom is -0.479 e. The largest absolute Gasteiger partial charge is 0.479 e. The maximum atomic E-state index is 10.2. The van der Waals surface area contributed by atoms with Gasteiger partial charge in [-0.25, -0.2) is 4.79 Å². The third-order valence-corrected chi connectivity index (χ3v) is 2.86. The van der Waals surface area contributed by atoms with Crippen LogP contribution in [0.2, 0.25) is 0 Å². The van der Waals surface area contributed by atoms with E-state index in [1.165, 1.54) is 0 Å². The van der Waals surface area contributed by atoms with Crippen molar-refractivity contribution in [3.8, 4) is 0 Å². The standard InChI is InChI=1S/C11H19NO3/c1-8-6-11(2,3)5-4-9(8)12-15-7-10(13)14/h8H,4-7H2,1-3H3,(H,13,14). The summed E-state index contributed by atoms with van der Waals surface area (Å²) in [5.41, 5.74) is 1.36. The quantitative estimate of drug-likeness (QED) is 0.732. The molecule has 0 aliphatic heterocycles. The number of hydrogen-bond acceptors (Lipinski definition) is 3. The highest BCUT2D eigenvalue weighted by Gasteiger charge is 2.29. The zero-order chi connectivity index (χ0) is 11.5. The Kier molecular flexibility index (Phi) is 3.72. The van der Waals surface area contributed by atoms with E-state index in [1.54, 1.807) is 0 Å². The van der Waals surface area contributed by atoms with Gasteiger partial charge in [0.2, 0.25) is 6.61 Å². The van der Waals surface area contributed by atoms with Gasteiger partial charge in [-0.05, 0) is 30.6 Å². The molecule has 0 amide bonds. The molecule has 15 heavy (non-hydrogen) atoms. The normalized spacial score (nSPS) is 27.7. The molecule has 4 heteroatoms. The third kappa shape index (κ3) is 3.90. The predicted octanol–water partition coefficient (Wildman–Crippen LogP) is 2.29. The first-order valence-electron chi connectivity index (χ1n) is 5.31. The van der Waals surface area contributed by atoms with E-state index in [0.717, 1.165) is 25.0 Å². The summed E-state index contributed by atoms with van der Waals surface area (Å²) in [6, 6.07) is 0. The summed E-state index contributed by atoms with van der Waals surface area (Å²) < 4.78 is 0. The van der Waals surface area contributed by atoms with E-state index in [1.807, 2.05) is 0 Å². The number of nitrogens with zero attached hydrogens (tertiary/aromatic N) is 1. The van der Waals surface area contributed by atoms with Gasteiger partial charge in [0, 0.05) is 0 Å². The Hall–Kier alpha value is -1.06. The average Bonchev–Trinajstić information content (AvgIpc) is 2.07. The van der Waals surface area contributed by atoms with Gasteiger partial charge < -0.3 is 9.94 Å². The molecule has 0 radical (unpaired) electrons. The molecular weight excluding hydrogens is 194 g/mol. The first kappa shape index (κ1) is 12.0. The van der Waals surface area contributed by atoms with Crippen LogP contribution < -0.4 is 0 Å². The molecule has 0 aromatic rings. The van der Waals surface area contributed by atoms with E-state index in [0.29, 0.717) is 11.3 Å². The lowest BCUT2D eigenvalue weighted by atomic mass is 9.72. The van der Waals surface area contributed by atoms with E-state index < -0.39 is 5.97 Å². The lowest BCUT2D eigenvalue weighted by Gasteiger charge is -2.34. The second-order valence-electron chi connectivity index (χ2n) is 5.02. The van der Waals surface area contributed by atoms with Crippen LogP contribution in [0.15, 0.2) is 5.16 Å². The van der Waals surface area contributed by atoms with Gasteiger partial charge in [-0.15, -0.1) is 0 Å². The van der Waals surface area contributed by atoms with Crippen molar-refractivity contribution < 1.29 is 14.7 Å². The highest BCUT2D eigenvalue weighted by atomic mass is 16.6. The average molecular weight is 213 g/mol. The number of aliphatic carboxylic acids is 1. The van der Waals surface area contributed by atoms with Gasteiger partial charge in [0.05, 0.1) is 5.71 Å². The smallest absolute Gasteiger partial charge is 0.344 e. The van der Waals surface area contributed by atoms with Crippen LogP contribution >= 0.6 is 0 Å². The number of oxime groups is 1. The number of carboxylic acid groups (broad SMARTS) is 1. The lowest BCUT2D eigenvalue weighted by Crippen LogP contribution is -2.28. The van der Waals surface area contributed by atoms with E-state index in [9.17, 15) is 4.79 Å². The minimum atomic E-state index is -0.983. The monoisotopic (exact) mass is 213 g/mol. The van der Waals surface area contributed by atoms with E-state index in [2.05, 4.69) is 25.9 Å². The molecule has 86 valence electrons. The van der Waals surface area contributed by atoms with Crippen LogP contribution in [0.4, 0.5) is 0 Å². The van der Waals surface area contributed by atoms with Crippen molar-refractivity contribution in [2.24, 2.45) is 16.5 Å². The summed E-state index contributed by atoms with van der Waals surface area (Å²) in [6.45, 7) is 6.26. The molecule has 1 rings (SSSR count). The minimum absolute atomic E-state index is 0.348. The molecular formula is C11H19NO3. The van der Waals surface area contributed by atoms with Gasteiger partial charge >= 0.3 is 5.97 Å². The van der Waals surface area contributed by atoms with Crippen LogP contribution in [0.5, 0.6) is 0 Å². The van der Waals surface area contributed by atoms with Crippen molar-refractivity contribution in [1.29, 1.82) is 0 Å². The Labute approximate surface area is 90.3 Å². The summed E-state index contributed by atoms with van der Waals surface area (Å²) >= 11 is 0. The van der Waals surface area contributed by atoms with Crippen LogP contribution in [0.25, 0.3) is 0 Å². The Bertz CT molecular complexity index is 271. The topological polar surface area (TPSA) is 58.9 Å².